The molecule has 2 aromatic rings. The molecular weight excluding hydrogens is 200 g/mol. The van der Waals surface area contributed by atoms with E-state index in [0.717, 1.165) is 11.4 Å². The molecule has 0 N–H and O–H groups in total. The van der Waals surface area contributed by atoms with Gasteiger partial charge in [-0.15, -0.1) is 21.8 Å². The third kappa shape index (κ3) is 1.90. The van der Waals surface area contributed by atoms with Crippen LogP contribution in [0.2, 0.25) is 0 Å². The summed E-state index contributed by atoms with van der Waals surface area (Å²) in [5.74, 6) is 1.15. The van der Waals surface area contributed by atoms with Crippen LogP contribution in [0, 0.1) is 0 Å². The molecule has 0 aliphatic heterocycles. The molecule has 4 nitrogen and oxygen atoms in total. The minimum Gasteiger partial charge on any atom is -0.312 e. The van der Waals surface area contributed by atoms with Gasteiger partial charge < -0.3 is 4.57 Å². The summed E-state index contributed by atoms with van der Waals surface area (Å²) < 4.78 is 1.91. The summed E-state index contributed by atoms with van der Waals surface area (Å²) in [6.45, 7) is 0.711. The second-order valence-electron chi connectivity index (χ2n) is 2.87. The highest BCUT2D eigenvalue weighted by atomic mass is 35.5. The molecule has 0 bridgehead atoms. The summed E-state index contributed by atoms with van der Waals surface area (Å²) in [5.41, 5.74) is 1.11. The van der Waals surface area contributed by atoms with E-state index >= 15 is 0 Å². The molecule has 0 unspecified atom stereocenters. The van der Waals surface area contributed by atoms with E-state index in [-0.39, 0.29) is 0 Å². The van der Waals surface area contributed by atoms with Crippen LogP contribution in [0.1, 0.15) is 11.4 Å². The van der Waals surface area contributed by atoms with E-state index in [0.29, 0.717) is 12.4 Å². The van der Waals surface area contributed by atoms with E-state index in [1.807, 2.05) is 22.9 Å². The molecule has 0 spiro atoms. The normalized spacial score (nSPS) is 10.4. The number of nitrogens with zero attached hydrogens (tertiary/aromatic N) is 4. The number of alkyl halides is 1. The molecule has 0 aliphatic rings. The Hall–Kier alpha value is -1.42. The van der Waals surface area contributed by atoms with Gasteiger partial charge >= 0.3 is 0 Å². The second-order valence-corrected chi connectivity index (χ2v) is 3.14. The molecule has 0 aliphatic carbocycles. The van der Waals surface area contributed by atoms with E-state index in [1.54, 1.807) is 12.5 Å². The molecule has 0 radical (unpaired) electrons. The van der Waals surface area contributed by atoms with Crippen LogP contribution in [-0.4, -0.2) is 19.7 Å². The summed E-state index contributed by atoms with van der Waals surface area (Å²) in [4.78, 5) is 4.03. The van der Waals surface area contributed by atoms with Gasteiger partial charge in [-0.25, -0.2) is 0 Å². The Kier molecular flexibility index (Phi) is 2.74. The Bertz CT molecular complexity index is 398. The molecule has 0 atom stereocenters. The van der Waals surface area contributed by atoms with Gasteiger partial charge in [-0.1, -0.05) is 6.07 Å². The number of hydrogen-bond acceptors (Lipinski definition) is 3. The van der Waals surface area contributed by atoms with Crippen LogP contribution in [-0.2, 0) is 12.4 Å². The lowest BCUT2D eigenvalue weighted by molar-refractivity contribution is 0.752. The van der Waals surface area contributed by atoms with Crippen LogP contribution < -0.4 is 0 Å². The summed E-state index contributed by atoms with van der Waals surface area (Å²) in [7, 11) is 0. The largest absolute Gasteiger partial charge is 0.312 e. The number of pyridine rings is 1. The smallest absolute Gasteiger partial charge is 0.148 e. The zero-order chi connectivity index (χ0) is 9.80. The Morgan fingerprint density at radius 2 is 2.36 bits per heavy atom. The van der Waals surface area contributed by atoms with Crippen molar-refractivity contribution >= 4 is 11.6 Å². The third-order valence-electron chi connectivity index (χ3n) is 1.89. The van der Waals surface area contributed by atoms with Crippen LogP contribution in [0.5, 0.6) is 0 Å². The molecule has 0 aromatic carbocycles. The van der Waals surface area contributed by atoms with Crippen molar-refractivity contribution in [2.45, 2.75) is 12.4 Å². The predicted octanol–water partition coefficient (Wildman–Crippen LogP) is 1.46. The van der Waals surface area contributed by atoms with Crippen molar-refractivity contribution < 1.29 is 0 Å². The van der Waals surface area contributed by atoms with E-state index in [4.69, 9.17) is 11.6 Å². The van der Waals surface area contributed by atoms with Crippen molar-refractivity contribution in [3.05, 3.63) is 42.2 Å². The topological polar surface area (TPSA) is 43.6 Å². The van der Waals surface area contributed by atoms with Crippen LogP contribution in [0.25, 0.3) is 0 Å². The fraction of sp³-hybridized carbons (Fsp3) is 0.222. The van der Waals surface area contributed by atoms with Gasteiger partial charge in [-0.05, 0) is 11.6 Å². The van der Waals surface area contributed by atoms with Crippen LogP contribution in [0.4, 0.5) is 0 Å². The highest BCUT2D eigenvalue weighted by Gasteiger charge is 2.02. The number of halogens is 1. The van der Waals surface area contributed by atoms with Crippen molar-refractivity contribution in [2.24, 2.45) is 0 Å². The zero-order valence-corrected chi connectivity index (χ0v) is 8.22. The first-order valence-electron chi connectivity index (χ1n) is 4.21. The minimum atomic E-state index is 0.375. The molecular formula is C9H9ClN4. The van der Waals surface area contributed by atoms with Gasteiger partial charge in [-0.3, -0.25) is 4.98 Å². The standard InChI is InChI=1S/C9H9ClN4/c10-4-9-13-12-7-14(9)6-8-2-1-3-11-5-8/h1-3,5,7H,4,6H2. The van der Waals surface area contributed by atoms with Gasteiger partial charge in [0.25, 0.3) is 0 Å². The second kappa shape index (κ2) is 4.19. The maximum absolute atomic E-state index is 5.70. The summed E-state index contributed by atoms with van der Waals surface area (Å²) in [5, 5.41) is 7.69. The number of hydrogen-bond donors (Lipinski definition) is 0. The Morgan fingerprint density at radius 3 is 3.07 bits per heavy atom. The SMILES string of the molecule is ClCc1nncn1Cc1cccnc1. The number of aromatic nitrogens is 4. The Morgan fingerprint density at radius 1 is 1.43 bits per heavy atom. The number of rotatable bonds is 3. The van der Waals surface area contributed by atoms with Gasteiger partial charge in [0.1, 0.15) is 12.2 Å². The van der Waals surface area contributed by atoms with Gasteiger partial charge in [0.15, 0.2) is 0 Å². The lowest BCUT2D eigenvalue weighted by atomic mass is 10.3. The van der Waals surface area contributed by atoms with Crippen LogP contribution >= 0.6 is 11.6 Å². The van der Waals surface area contributed by atoms with Crippen molar-refractivity contribution in [2.75, 3.05) is 0 Å². The molecule has 0 amide bonds. The first kappa shape index (κ1) is 9.15. The lowest BCUT2D eigenvalue weighted by Gasteiger charge is -2.03. The van der Waals surface area contributed by atoms with Crippen LogP contribution in [0.15, 0.2) is 30.9 Å². The molecule has 0 saturated carbocycles. The minimum absolute atomic E-state index is 0.375. The third-order valence-corrected chi connectivity index (χ3v) is 2.13. The van der Waals surface area contributed by atoms with Gasteiger partial charge in [0.05, 0.1) is 12.4 Å². The average Bonchev–Trinajstić information content (AvgIpc) is 2.67. The van der Waals surface area contributed by atoms with Crippen molar-refractivity contribution in [1.29, 1.82) is 0 Å². The lowest BCUT2D eigenvalue weighted by Crippen LogP contribution is -2.02. The Balaban J connectivity index is 2.19. The average molecular weight is 209 g/mol. The van der Waals surface area contributed by atoms with E-state index in [2.05, 4.69) is 15.2 Å². The van der Waals surface area contributed by atoms with Crippen molar-refractivity contribution in [3.63, 3.8) is 0 Å². The maximum atomic E-state index is 5.70. The highest BCUT2D eigenvalue weighted by Crippen LogP contribution is 2.04. The predicted molar refractivity (Wildman–Crippen MR) is 52.9 cm³/mol. The van der Waals surface area contributed by atoms with E-state index in [9.17, 15) is 0 Å². The van der Waals surface area contributed by atoms with E-state index < -0.39 is 0 Å². The van der Waals surface area contributed by atoms with E-state index in [1.165, 1.54) is 0 Å². The summed E-state index contributed by atoms with van der Waals surface area (Å²) in [6.07, 6.45) is 5.24. The quantitative estimate of drug-likeness (QED) is 0.718. The van der Waals surface area contributed by atoms with Gasteiger partial charge in [0.2, 0.25) is 0 Å². The Labute approximate surface area is 86.6 Å². The monoisotopic (exact) mass is 208 g/mol. The van der Waals surface area contributed by atoms with Crippen molar-refractivity contribution in [3.8, 4) is 0 Å². The van der Waals surface area contributed by atoms with Crippen LogP contribution in [0.3, 0.4) is 0 Å². The molecule has 2 heterocycles. The summed E-state index contributed by atoms with van der Waals surface area (Å²) >= 11 is 5.70. The van der Waals surface area contributed by atoms with Crippen molar-refractivity contribution in [1.82, 2.24) is 19.7 Å². The first-order valence-corrected chi connectivity index (χ1v) is 4.75. The fourth-order valence-electron chi connectivity index (χ4n) is 1.20. The first-order chi connectivity index (χ1) is 6.90. The molecule has 5 heteroatoms. The fourth-order valence-corrected chi connectivity index (χ4v) is 1.41. The van der Waals surface area contributed by atoms with Gasteiger partial charge in [-0.2, -0.15) is 0 Å². The molecule has 0 saturated heterocycles. The molecule has 72 valence electrons. The summed E-state index contributed by atoms with van der Waals surface area (Å²) in [6, 6.07) is 3.91. The molecule has 2 rings (SSSR count). The zero-order valence-electron chi connectivity index (χ0n) is 7.47. The molecule has 2 aromatic heterocycles. The highest BCUT2D eigenvalue weighted by molar-refractivity contribution is 6.16. The molecule has 0 fully saturated rings. The molecule has 14 heavy (non-hydrogen) atoms. The maximum Gasteiger partial charge on any atom is 0.148 e. The van der Waals surface area contributed by atoms with Gasteiger partial charge in [0, 0.05) is 12.4 Å².